The fourth-order valence-electron chi connectivity index (χ4n) is 3.28. The highest BCUT2D eigenvalue weighted by molar-refractivity contribution is 7.99. The smallest absolute Gasteiger partial charge is 0.338 e. The molecule has 6 heteroatoms. The summed E-state index contributed by atoms with van der Waals surface area (Å²) in [4.78, 5) is 26.4. The number of carbonyl (C=O) groups is 2. The molecule has 1 heterocycles. The minimum absolute atomic E-state index is 0.272. The van der Waals surface area contributed by atoms with Gasteiger partial charge in [-0.1, -0.05) is 41.5 Å². The van der Waals surface area contributed by atoms with Gasteiger partial charge in [-0.15, -0.1) is 11.8 Å². The summed E-state index contributed by atoms with van der Waals surface area (Å²) in [6.07, 6.45) is 0. The SMILES string of the molecule is CCOC(=O)C1=C(CSc2ccc(C)cc2)NC(=O)NC1c1cc(C)ccc1C. The number of benzene rings is 2. The monoisotopic (exact) mass is 410 g/mol. The lowest BCUT2D eigenvalue weighted by molar-refractivity contribution is -0.139. The van der Waals surface area contributed by atoms with Crippen LogP contribution in [0.2, 0.25) is 0 Å². The first-order chi connectivity index (χ1) is 13.9. The normalized spacial score (nSPS) is 16.3. The molecule has 0 bridgehead atoms. The molecule has 5 nitrogen and oxygen atoms in total. The van der Waals surface area contributed by atoms with Crippen LogP contribution in [-0.2, 0) is 9.53 Å². The summed E-state index contributed by atoms with van der Waals surface area (Å²) in [5.41, 5.74) is 5.21. The second-order valence-electron chi connectivity index (χ2n) is 7.11. The van der Waals surface area contributed by atoms with Crippen LogP contribution in [-0.4, -0.2) is 24.4 Å². The molecule has 0 aliphatic carbocycles. The van der Waals surface area contributed by atoms with E-state index in [1.54, 1.807) is 18.7 Å². The number of urea groups is 1. The number of carbonyl (C=O) groups excluding carboxylic acids is 2. The molecule has 2 amide bonds. The van der Waals surface area contributed by atoms with E-state index < -0.39 is 12.0 Å². The Morgan fingerprint density at radius 3 is 2.45 bits per heavy atom. The van der Waals surface area contributed by atoms with Crippen LogP contribution in [0.4, 0.5) is 4.79 Å². The van der Waals surface area contributed by atoms with Gasteiger partial charge in [-0.3, -0.25) is 0 Å². The Hall–Kier alpha value is -2.73. The predicted octanol–water partition coefficient (Wildman–Crippen LogP) is 4.58. The Balaban J connectivity index is 2.00. The number of esters is 1. The van der Waals surface area contributed by atoms with E-state index in [9.17, 15) is 9.59 Å². The van der Waals surface area contributed by atoms with Crippen LogP contribution < -0.4 is 10.6 Å². The topological polar surface area (TPSA) is 67.4 Å². The van der Waals surface area contributed by atoms with E-state index in [0.29, 0.717) is 17.0 Å². The largest absolute Gasteiger partial charge is 0.463 e. The highest BCUT2D eigenvalue weighted by Crippen LogP contribution is 2.32. The van der Waals surface area contributed by atoms with Crippen LogP contribution >= 0.6 is 11.8 Å². The van der Waals surface area contributed by atoms with E-state index in [0.717, 1.165) is 21.6 Å². The van der Waals surface area contributed by atoms with Crippen molar-refractivity contribution in [1.82, 2.24) is 10.6 Å². The van der Waals surface area contributed by atoms with Gasteiger partial charge >= 0.3 is 12.0 Å². The zero-order chi connectivity index (χ0) is 21.0. The van der Waals surface area contributed by atoms with Gasteiger partial charge < -0.3 is 15.4 Å². The second kappa shape index (κ2) is 9.18. The minimum atomic E-state index is -0.545. The molecular weight excluding hydrogens is 384 g/mol. The summed E-state index contributed by atoms with van der Waals surface area (Å²) in [5.74, 6) is 0.0526. The summed E-state index contributed by atoms with van der Waals surface area (Å²) in [5, 5.41) is 5.74. The summed E-state index contributed by atoms with van der Waals surface area (Å²) in [6.45, 7) is 8.06. The van der Waals surface area contributed by atoms with Crippen molar-refractivity contribution in [3.63, 3.8) is 0 Å². The lowest BCUT2D eigenvalue weighted by Gasteiger charge is -2.30. The first-order valence-electron chi connectivity index (χ1n) is 9.63. The van der Waals surface area contributed by atoms with Crippen molar-refractivity contribution in [3.8, 4) is 0 Å². The van der Waals surface area contributed by atoms with Crippen LogP contribution in [0.5, 0.6) is 0 Å². The van der Waals surface area contributed by atoms with Crippen LogP contribution in [0, 0.1) is 20.8 Å². The maximum absolute atomic E-state index is 12.9. The third-order valence-electron chi connectivity index (χ3n) is 4.80. The van der Waals surface area contributed by atoms with Gasteiger partial charge in [0, 0.05) is 16.3 Å². The average molecular weight is 411 g/mol. The van der Waals surface area contributed by atoms with Gasteiger partial charge in [-0.25, -0.2) is 9.59 Å². The summed E-state index contributed by atoms with van der Waals surface area (Å²) >= 11 is 1.57. The third kappa shape index (κ3) is 5.01. The Bertz CT molecular complexity index is 951. The fourth-order valence-corrected chi connectivity index (χ4v) is 4.14. The molecule has 1 atom stereocenters. The van der Waals surface area contributed by atoms with Gasteiger partial charge in [0.15, 0.2) is 0 Å². The highest BCUT2D eigenvalue weighted by atomic mass is 32.2. The fraction of sp³-hybridized carbons (Fsp3) is 0.304. The highest BCUT2D eigenvalue weighted by Gasteiger charge is 2.34. The average Bonchev–Trinajstić information content (AvgIpc) is 2.69. The summed E-state index contributed by atoms with van der Waals surface area (Å²) in [6, 6.07) is 13.3. The molecule has 152 valence electrons. The van der Waals surface area contributed by atoms with Gasteiger partial charge in [0.25, 0.3) is 0 Å². The van der Waals surface area contributed by atoms with Gasteiger partial charge in [-0.2, -0.15) is 0 Å². The summed E-state index contributed by atoms with van der Waals surface area (Å²) in [7, 11) is 0. The maximum Gasteiger partial charge on any atom is 0.338 e. The number of amides is 2. The molecule has 0 fully saturated rings. The Labute approximate surface area is 175 Å². The standard InChI is InChI=1S/C23H26N2O3S/c1-5-28-22(26)20-19(13-29-17-10-7-14(2)8-11-17)24-23(27)25-21(20)18-12-15(3)6-9-16(18)4/h6-12,21H,5,13H2,1-4H3,(H2,24,25,27). The molecule has 1 aliphatic heterocycles. The van der Waals surface area contributed by atoms with E-state index >= 15 is 0 Å². The molecule has 0 radical (unpaired) electrons. The first-order valence-corrected chi connectivity index (χ1v) is 10.6. The summed E-state index contributed by atoms with van der Waals surface area (Å²) < 4.78 is 5.34. The van der Waals surface area contributed by atoms with Crippen LogP contribution in [0.15, 0.2) is 58.6 Å². The van der Waals surface area contributed by atoms with E-state index in [1.165, 1.54) is 5.56 Å². The molecule has 29 heavy (non-hydrogen) atoms. The van der Waals surface area contributed by atoms with E-state index in [1.807, 2.05) is 63.2 Å². The molecule has 2 N–H and O–H groups in total. The number of aryl methyl sites for hydroxylation is 3. The first kappa shape index (κ1) is 21.0. The van der Waals surface area contributed by atoms with Crippen molar-refractivity contribution >= 4 is 23.8 Å². The molecule has 3 rings (SSSR count). The van der Waals surface area contributed by atoms with Gasteiger partial charge in [0.2, 0.25) is 0 Å². The number of rotatable bonds is 6. The van der Waals surface area contributed by atoms with E-state index in [4.69, 9.17) is 4.74 Å². The minimum Gasteiger partial charge on any atom is -0.463 e. The zero-order valence-electron chi connectivity index (χ0n) is 17.2. The number of nitrogens with one attached hydrogen (secondary N) is 2. The molecule has 0 saturated heterocycles. The molecule has 1 aliphatic rings. The van der Waals surface area contributed by atoms with E-state index in [-0.39, 0.29) is 12.6 Å². The van der Waals surface area contributed by atoms with Crippen molar-refractivity contribution in [1.29, 1.82) is 0 Å². The molecule has 2 aromatic carbocycles. The van der Waals surface area contributed by atoms with Gasteiger partial charge in [-0.05, 0) is 51.0 Å². The quantitative estimate of drug-likeness (QED) is 0.541. The molecule has 0 aromatic heterocycles. The third-order valence-corrected chi connectivity index (χ3v) is 5.84. The molecule has 0 spiro atoms. The van der Waals surface area contributed by atoms with Crippen LogP contribution in [0.3, 0.4) is 0 Å². The second-order valence-corrected chi connectivity index (χ2v) is 8.15. The number of hydrogen-bond acceptors (Lipinski definition) is 4. The number of thioether (sulfide) groups is 1. The molecular formula is C23H26N2O3S. The lowest BCUT2D eigenvalue weighted by atomic mass is 9.91. The number of hydrogen-bond donors (Lipinski definition) is 2. The van der Waals surface area contributed by atoms with Crippen molar-refractivity contribution in [2.45, 2.75) is 38.6 Å². The predicted molar refractivity (Wildman–Crippen MR) is 116 cm³/mol. The Morgan fingerprint density at radius 2 is 1.76 bits per heavy atom. The van der Waals surface area contributed by atoms with Crippen molar-refractivity contribution in [3.05, 3.63) is 76.0 Å². The Kier molecular flexibility index (Phi) is 6.64. The van der Waals surface area contributed by atoms with Crippen molar-refractivity contribution in [2.75, 3.05) is 12.4 Å². The molecule has 1 unspecified atom stereocenters. The lowest BCUT2D eigenvalue weighted by Crippen LogP contribution is -2.46. The van der Waals surface area contributed by atoms with E-state index in [2.05, 4.69) is 10.6 Å². The molecule has 0 saturated carbocycles. The van der Waals surface area contributed by atoms with Crippen LogP contribution in [0.1, 0.15) is 35.2 Å². The maximum atomic E-state index is 12.9. The van der Waals surface area contributed by atoms with Crippen molar-refractivity contribution < 1.29 is 14.3 Å². The number of ether oxygens (including phenoxy) is 1. The van der Waals surface area contributed by atoms with Gasteiger partial charge in [0.1, 0.15) is 0 Å². The molecule has 2 aromatic rings. The zero-order valence-corrected chi connectivity index (χ0v) is 18.0. The van der Waals surface area contributed by atoms with Gasteiger partial charge in [0.05, 0.1) is 18.2 Å². The Morgan fingerprint density at radius 1 is 1.07 bits per heavy atom. The van der Waals surface area contributed by atoms with Crippen molar-refractivity contribution in [2.24, 2.45) is 0 Å². The van der Waals surface area contributed by atoms with Crippen LogP contribution in [0.25, 0.3) is 0 Å².